The van der Waals surface area contributed by atoms with Crippen molar-refractivity contribution in [3.63, 3.8) is 0 Å². The predicted molar refractivity (Wildman–Crippen MR) is 92.4 cm³/mol. The average Bonchev–Trinajstić information content (AvgIpc) is 2.99. The van der Waals surface area contributed by atoms with Crippen molar-refractivity contribution in [2.45, 2.75) is 11.9 Å². The first-order valence-electron chi connectivity index (χ1n) is 7.56. The molecule has 3 aromatic rings. The number of aromatic nitrogens is 2. The number of pyridine rings is 1. The molecule has 0 atom stereocenters. The maximum absolute atomic E-state index is 12.9. The third-order valence-corrected chi connectivity index (χ3v) is 4.34. The Morgan fingerprint density at radius 1 is 1.12 bits per heavy atom. The summed E-state index contributed by atoms with van der Waals surface area (Å²) in [6.45, 7) is 2.10. The Balaban J connectivity index is 1.99. The molecule has 5 nitrogen and oxygen atoms in total. The van der Waals surface area contributed by atoms with Crippen LogP contribution in [0.1, 0.15) is 22.8 Å². The summed E-state index contributed by atoms with van der Waals surface area (Å²) in [6, 6.07) is 14.6. The highest BCUT2D eigenvalue weighted by Crippen LogP contribution is 2.28. The van der Waals surface area contributed by atoms with Crippen LogP contribution in [0, 0.1) is 0 Å². The van der Waals surface area contributed by atoms with Crippen molar-refractivity contribution < 1.29 is 14.3 Å². The lowest BCUT2D eigenvalue weighted by Gasteiger charge is -2.03. The number of rotatable bonds is 6. The summed E-state index contributed by atoms with van der Waals surface area (Å²) in [6.07, 6.45) is 1.78. The van der Waals surface area contributed by atoms with Gasteiger partial charge in [0.25, 0.3) is 0 Å². The zero-order chi connectivity index (χ0) is 16.9. The highest BCUT2D eigenvalue weighted by atomic mass is 32.2. The van der Waals surface area contributed by atoms with Crippen LogP contribution in [-0.2, 0) is 9.53 Å². The standard InChI is InChI=1S/C18H16N2O3S/c1-2-23-15(21)12-24-18-16(14-10-6-7-11-20(14)19-18)17(22)13-8-4-3-5-9-13/h3-11H,2,12H2,1H3. The van der Waals surface area contributed by atoms with Crippen molar-refractivity contribution in [3.05, 3.63) is 65.9 Å². The SMILES string of the molecule is CCOC(=O)CSc1nn2ccccc2c1C(=O)c1ccccc1. The lowest BCUT2D eigenvalue weighted by atomic mass is 10.0. The highest BCUT2D eigenvalue weighted by molar-refractivity contribution is 8.00. The number of fused-ring (bicyclic) bond motifs is 1. The van der Waals surface area contributed by atoms with Gasteiger partial charge in [-0.25, -0.2) is 4.52 Å². The number of benzene rings is 1. The topological polar surface area (TPSA) is 60.7 Å². The molecule has 0 aliphatic carbocycles. The molecule has 3 rings (SSSR count). The second-order valence-corrected chi connectivity index (χ2v) is 5.96. The van der Waals surface area contributed by atoms with Gasteiger partial charge in [-0.3, -0.25) is 9.59 Å². The number of thioether (sulfide) groups is 1. The van der Waals surface area contributed by atoms with Crippen LogP contribution in [0.5, 0.6) is 0 Å². The smallest absolute Gasteiger partial charge is 0.316 e. The van der Waals surface area contributed by atoms with Crippen molar-refractivity contribution >= 4 is 29.0 Å². The Hall–Kier alpha value is -2.60. The van der Waals surface area contributed by atoms with E-state index in [1.54, 1.807) is 29.8 Å². The molecule has 0 saturated carbocycles. The Bertz CT molecular complexity index is 874. The van der Waals surface area contributed by atoms with E-state index in [-0.39, 0.29) is 17.5 Å². The lowest BCUT2D eigenvalue weighted by molar-refractivity contribution is -0.139. The summed E-state index contributed by atoms with van der Waals surface area (Å²) in [5, 5.41) is 4.97. The van der Waals surface area contributed by atoms with Crippen LogP contribution in [0.25, 0.3) is 5.52 Å². The summed E-state index contributed by atoms with van der Waals surface area (Å²) >= 11 is 1.22. The van der Waals surface area contributed by atoms with E-state index in [0.717, 1.165) is 5.52 Å². The molecule has 6 heteroatoms. The van der Waals surface area contributed by atoms with E-state index in [1.807, 2.05) is 36.4 Å². The predicted octanol–water partition coefficient (Wildman–Crippen LogP) is 3.22. The van der Waals surface area contributed by atoms with Gasteiger partial charge in [-0.2, -0.15) is 5.10 Å². The maximum Gasteiger partial charge on any atom is 0.316 e. The van der Waals surface area contributed by atoms with Gasteiger partial charge in [0.1, 0.15) is 5.03 Å². The van der Waals surface area contributed by atoms with Gasteiger partial charge in [-0.1, -0.05) is 48.2 Å². The van der Waals surface area contributed by atoms with Crippen molar-refractivity contribution in [2.24, 2.45) is 0 Å². The minimum atomic E-state index is -0.322. The Labute approximate surface area is 143 Å². The number of carbonyl (C=O) groups excluding carboxylic acids is 2. The fourth-order valence-electron chi connectivity index (χ4n) is 2.36. The van der Waals surface area contributed by atoms with E-state index in [9.17, 15) is 9.59 Å². The molecule has 0 aliphatic heterocycles. The summed E-state index contributed by atoms with van der Waals surface area (Å²) in [4.78, 5) is 24.5. The summed E-state index contributed by atoms with van der Waals surface area (Å²) in [5.74, 6) is -0.312. The molecule has 24 heavy (non-hydrogen) atoms. The quantitative estimate of drug-likeness (QED) is 0.392. The largest absolute Gasteiger partial charge is 0.465 e. The van der Waals surface area contributed by atoms with Gasteiger partial charge >= 0.3 is 5.97 Å². The molecular formula is C18H16N2O3S. The summed E-state index contributed by atoms with van der Waals surface area (Å²) in [5.41, 5.74) is 1.82. The molecule has 0 N–H and O–H groups in total. The monoisotopic (exact) mass is 340 g/mol. The van der Waals surface area contributed by atoms with Gasteiger partial charge in [0, 0.05) is 11.8 Å². The van der Waals surface area contributed by atoms with Crippen molar-refractivity contribution in [1.82, 2.24) is 9.61 Å². The van der Waals surface area contributed by atoms with Crippen molar-refractivity contribution in [1.29, 1.82) is 0 Å². The van der Waals surface area contributed by atoms with E-state index < -0.39 is 0 Å². The number of nitrogens with zero attached hydrogens (tertiary/aromatic N) is 2. The molecule has 1 aromatic carbocycles. The molecule has 0 saturated heterocycles. The van der Waals surface area contributed by atoms with Gasteiger partial charge < -0.3 is 4.74 Å². The zero-order valence-electron chi connectivity index (χ0n) is 13.1. The Morgan fingerprint density at radius 2 is 1.88 bits per heavy atom. The second kappa shape index (κ2) is 7.31. The minimum absolute atomic E-state index is 0.108. The number of carbonyl (C=O) groups is 2. The summed E-state index contributed by atoms with van der Waals surface area (Å²) < 4.78 is 6.60. The first-order valence-corrected chi connectivity index (χ1v) is 8.54. The van der Waals surface area contributed by atoms with Crippen molar-refractivity contribution in [2.75, 3.05) is 12.4 Å². The first-order chi connectivity index (χ1) is 11.7. The van der Waals surface area contributed by atoms with Crippen molar-refractivity contribution in [3.8, 4) is 0 Å². The van der Waals surface area contributed by atoms with Gasteiger partial charge in [-0.05, 0) is 19.1 Å². The highest BCUT2D eigenvalue weighted by Gasteiger charge is 2.22. The van der Waals surface area contributed by atoms with E-state index in [2.05, 4.69) is 5.10 Å². The van der Waals surface area contributed by atoms with Gasteiger partial charge in [0.2, 0.25) is 0 Å². The number of hydrogen-bond donors (Lipinski definition) is 0. The number of ketones is 1. The first kappa shape index (κ1) is 16.3. The number of esters is 1. The van der Waals surface area contributed by atoms with Crippen LogP contribution in [0.15, 0.2) is 59.8 Å². The van der Waals surface area contributed by atoms with Gasteiger partial charge in [-0.15, -0.1) is 0 Å². The lowest BCUT2D eigenvalue weighted by Crippen LogP contribution is -2.07. The normalized spacial score (nSPS) is 10.7. The second-order valence-electron chi connectivity index (χ2n) is 5.00. The molecule has 0 spiro atoms. The van der Waals surface area contributed by atoms with Crippen LogP contribution in [-0.4, -0.2) is 33.7 Å². The van der Waals surface area contributed by atoms with Crippen LogP contribution >= 0.6 is 11.8 Å². The maximum atomic E-state index is 12.9. The molecule has 122 valence electrons. The van der Waals surface area contributed by atoms with E-state index >= 15 is 0 Å². The molecule has 0 radical (unpaired) electrons. The zero-order valence-corrected chi connectivity index (χ0v) is 14.0. The molecule has 0 fully saturated rings. The third-order valence-electron chi connectivity index (χ3n) is 3.40. The van der Waals surface area contributed by atoms with Crippen LogP contribution in [0.4, 0.5) is 0 Å². The van der Waals surface area contributed by atoms with Crippen LogP contribution in [0.2, 0.25) is 0 Å². The fraction of sp³-hybridized carbons (Fsp3) is 0.167. The van der Waals surface area contributed by atoms with Gasteiger partial charge in [0.15, 0.2) is 5.78 Å². The fourth-order valence-corrected chi connectivity index (χ4v) is 3.18. The Kier molecular flexibility index (Phi) is 4.96. The molecule has 0 aliphatic rings. The molecule has 0 amide bonds. The van der Waals surface area contributed by atoms with E-state index in [0.29, 0.717) is 22.8 Å². The third kappa shape index (κ3) is 3.33. The number of hydrogen-bond acceptors (Lipinski definition) is 5. The van der Waals surface area contributed by atoms with Crippen LogP contribution in [0.3, 0.4) is 0 Å². The molecule has 0 unspecified atom stereocenters. The average molecular weight is 340 g/mol. The minimum Gasteiger partial charge on any atom is -0.465 e. The molecule has 2 aromatic heterocycles. The number of ether oxygens (including phenoxy) is 1. The van der Waals surface area contributed by atoms with E-state index in [4.69, 9.17) is 4.74 Å². The van der Waals surface area contributed by atoms with Crippen LogP contribution < -0.4 is 0 Å². The molecule has 2 heterocycles. The van der Waals surface area contributed by atoms with E-state index in [1.165, 1.54) is 11.8 Å². The molecular weight excluding hydrogens is 324 g/mol. The summed E-state index contributed by atoms with van der Waals surface area (Å²) in [7, 11) is 0. The molecule has 0 bridgehead atoms. The Morgan fingerprint density at radius 3 is 2.62 bits per heavy atom. The van der Waals surface area contributed by atoms with Gasteiger partial charge in [0.05, 0.1) is 23.4 Å².